The summed E-state index contributed by atoms with van der Waals surface area (Å²) in [4.78, 5) is 0. The van der Waals surface area contributed by atoms with Crippen LogP contribution in [-0.4, -0.2) is 12.1 Å². The van der Waals surface area contributed by atoms with Crippen LogP contribution in [0.4, 0.5) is 17.6 Å². The summed E-state index contributed by atoms with van der Waals surface area (Å²) in [6.45, 7) is 0. The molecule has 1 aromatic carbocycles. The molecule has 2 atom stereocenters. The molecule has 0 heterocycles. The van der Waals surface area contributed by atoms with Crippen LogP contribution in [0.5, 0.6) is 0 Å². The zero-order valence-corrected chi connectivity index (χ0v) is 11.5. The topological polar surface area (TPSA) is 38.0 Å². The molecular formula is C15H18F4N2. The first-order valence-electron chi connectivity index (χ1n) is 7.22. The Hall–Kier alpha value is -1.14. The predicted molar refractivity (Wildman–Crippen MR) is 71.1 cm³/mol. The molecule has 0 radical (unpaired) electrons. The van der Waals surface area contributed by atoms with Gasteiger partial charge in [0.2, 0.25) is 0 Å². The van der Waals surface area contributed by atoms with Crippen molar-refractivity contribution in [2.75, 3.05) is 0 Å². The first kappa shape index (κ1) is 14.8. The number of alkyl halides is 3. The Bertz CT molecular complexity index is 537. The molecule has 0 spiro atoms. The molecule has 2 saturated carbocycles. The summed E-state index contributed by atoms with van der Waals surface area (Å²) in [6, 6.07) is 3.48. The van der Waals surface area contributed by atoms with Crippen molar-refractivity contribution in [2.45, 2.75) is 55.9 Å². The molecule has 2 fully saturated rings. The van der Waals surface area contributed by atoms with Crippen LogP contribution in [0.3, 0.4) is 0 Å². The van der Waals surface area contributed by atoms with Crippen molar-refractivity contribution in [3.05, 3.63) is 35.1 Å². The van der Waals surface area contributed by atoms with Gasteiger partial charge in [0.05, 0.1) is 5.56 Å². The molecule has 0 saturated heterocycles. The molecule has 0 amide bonds. The number of halogens is 4. The highest BCUT2D eigenvalue weighted by atomic mass is 19.4. The lowest BCUT2D eigenvalue weighted by atomic mass is 9.99. The van der Waals surface area contributed by atoms with E-state index < -0.39 is 23.1 Å². The van der Waals surface area contributed by atoms with Crippen molar-refractivity contribution in [3.63, 3.8) is 0 Å². The maximum Gasteiger partial charge on any atom is 0.419 e. The lowest BCUT2D eigenvalue weighted by Crippen LogP contribution is -2.46. The summed E-state index contributed by atoms with van der Waals surface area (Å²) < 4.78 is 51.9. The van der Waals surface area contributed by atoms with E-state index >= 15 is 0 Å². The van der Waals surface area contributed by atoms with E-state index in [1.54, 1.807) is 0 Å². The maximum absolute atomic E-state index is 13.4. The van der Waals surface area contributed by atoms with Gasteiger partial charge in [-0.2, -0.15) is 13.2 Å². The molecule has 2 nitrogen and oxygen atoms in total. The third-order valence-corrected chi connectivity index (χ3v) is 4.61. The van der Waals surface area contributed by atoms with Gasteiger partial charge in [-0.1, -0.05) is 12.5 Å². The second-order valence-corrected chi connectivity index (χ2v) is 6.12. The van der Waals surface area contributed by atoms with Crippen molar-refractivity contribution in [1.82, 2.24) is 5.32 Å². The van der Waals surface area contributed by atoms with Crippen LogP contribution in [0.25, 0.3) is 0 Å². The van der Waals surface area contributed by atoms with E-state index in [2.05, 4.69) is 5.32 Å². The first-order valence-corrected chi connectivity index (χ1v) is 7.22. The molecule has 2 aliphatic carbocycles. The highest BCUT2D eigenvalue weighted by molar-refractivity contribution is 5.36. The van der Waals surface area contributed by atoms with Crippen LogP contribution in [0.15, 0.2) is 18.2 Å². The summed E-state index contributed by atoms with van der Waals surface area (Å²) in [6.07, 6.45) is -0.231. The van der Waals surface area contributed by atoms with Gasteiger partial charge in [-0.3, -0.25) is 0 Å². The molecule has 1 aromatic rings. The number of nitrogens with one attached hydrogen (secondary N) is 1. The Balaban J connectivity index is 1.86. The van der Waals surface area contributed by atoms with Gasteiger partial charge in [-0.15, -0.1) is 0 Å². The second-order valence-electron chi connectivity index (χ2n) is 6.12. The molecule has 0 bridgehead atoms. The van der Waals surface area contributed by atoms with Crippen molar-refractivity contribution in [2.24, 2.45) is 5.73 Å². The van der Waals surface area contributed by atoms with Gasteiger partial charge >= 0.3 is 6.18 Å². The van der Waals surface area contributed by atoms with Gasteiger partial charge in [0.15, 0.2) is 0 Å². The number of hydrogen-bond donors (Lipinski definition) is 2. The fourth-order valence-corrected chi connectivity index (χ4v) is 3.20. The van der Waals surface area contributed by atoms with Gasteiger partial charge in [-0.05, 0) is 43.4 Å². The summed E-state index contributed by atoms with van der Waals surface area (Å²) in [5.41, 5.74) is 4.87. The van der Waals surface area contributed by atoms with Gasteiger partial charge in [-0.25, -0.2) is 4.39 Å². The molecule has 2 aliphatic rings. The van der Waals surface area contributed by atoms with Crippen LogP contribution in [0, 0.1) is 5.82 Å². The van der Waals surface area contributed by atoms with Crippen molar-refractivity contribution in [1.29, 1.82) is 0 Å². The SMILES string of the molecule is N[C@H]1CCC[C@H]1NC1(c2ccc(F)c(C(F)(F)F)c2)CC1. The van der Waals surface area contributed by atoms with Crippen LogP contribution in [0.2, 0.25) is 0 Å². The Labute approximate surface area is 120 Å². The van der Waals surface area contributed by atoms with E-state index in [1.165, 1.54) is 6.07 Å². The van der Waals surface area contributed by atoms with Crippen LogP contribution >= 0.6 is 0 Å². The third-order valence-electron chi connectivity index (χ3n) is 4.61. The Morgan fingerprint density at radius 1 is 1.19 bits per heavy atom. The normalized spacial score (nSPS) is 27.9. The fourth-order valence-electron chi connectivity index (χ4n) is 3.20. The molecular weight excluding hydrogens is 284 g/mol. The van der Waals surface area contributed by atoms with Crippen LogP contribution < -0.4 is 11.1 Å². The number of benzene rings is 1. The molecule has 0 unspecified atom stereocenters. The molecule has 0 aliphatic heterocycles. The predicted octanol–water partition coefficient (Wildman–Crippen LogP) is 3.30. The Kier molecular flexibility index (Phi) is 3.48. The highest BCUT2D eigenvalue weighted by Gasteiger charge is 2.48. The lowest BCUT2D eigenvalue weighted by Gasteiger charge is -2.26. The van der Waals surface area contributed by atoms with E-state index in [1.807, 2.05) is 0 Å². The van der Waals surface area contributed by atoms with Crippen molar-refractivity contribution >= 4 is 0 Å². The van der Waals surface area contributed by atoms with Crippen molar-refractivity contribution in [3.8, 4) is 0 Å². The van der Waals surface area contributed by atoms with E-state index in [9.17, 15) is 17.6 Å². The zero-order chi connectivity index (χ0) is 15.3. The van der Waals surface area contributed by atoms with E-state index in [4.69, 9.17) is 5.73 Å². The quantitative estimate of drug-likeness (QED) is 0.841. The van der Waals surface area contributed by atoms with Gasteiger partial charge in [0.25, 0.3) is 0 Å². The van der Waals surface area contributed by atoms with Crippen LogP contribution in [-0.2, 0) is 11.7 Å². The lowest BCUT2D eigenvalue weighted by molar-refractivity contribution is -0.140. The summed E-state index contributed by atoms with van der Waals surface area (Å²) >= 11 is 0. The second kappa shape index (κ2) is 4.95. The van der Waals surface area contributed by atoms with Crippen LogP contribution in [0.1, 0.15) is 43.2 Å². The average Bonchev–Trinajstić information content (AvgIpc) is 3.07. The van der Waals surface area contributed by atoms with Crippen molar-refractivity contribution < 1.29 is 17.6 Å². The summed E-state index contributed by atoms with van der Waals surface area (Å²) in [5, 5.41) is 3.42. The third kappa shape index (κ3) is 2.79. The molecule has 0 aromatic heterocycles. The standard InChI is InChI=1S/C15H18F4N2/c16-11-5-4-9(8-10(11)15(17,18)19)14(6-7-14)21-13-3-1-2-12(13)20/h4-5,8,12-13,21H,1-3,6-7,20H2/t12-,13+/m0/s1. The summed E-state index contributed by atoms with van der Waals surface area (Å²) in [7, 11) is 0. The maximum atomic E-state index is 13.4. The van der Waals surface area contributed by atoms with Gasteiger partial charge in [0.1, 0.15) is 5.82 Å². The number of hydrogen-bond acceptors (Lipinski definition) is 2. The molecule has 3 N–H and O–H groups in total. The fraction of sp³-hybridized carbons (Fsp3) is 0.600. The Morgan fingerprint density at radius 3 is 2.43 bits per heavy atom. The minimum Gasteiger partial charge on any atom is -0.326 e. The van der Waals surface area contributed by atoms with E-state index in [0.717, 1.165) is 44.2 Å². The monoisotopic (exact) mass is 302 g/mol. The molecule has 6 heteroatoms. The molecule has 3 rings (SSSR count). The minimum absolute atomic E-state index is 0.0463. The van der Waals surface area contributed by atoms with Gasteiger partial charge in [0, 0.05) is 17.6 Å². The van der Waals surface area contributed by atoms with E-state index in [-0.39, 0.29) is 12.1 Å². The van der Waals surface area contributed by atoms with E-state index in [0.29, 0.717) is 5.56 Å². The molecule has 21 heavy (non-hydrogen) atoms. The molecule has 116 valence electrons. The largest absolute Gasteiger partial charge is 0.419 e. The minimum atomic E-state index is -4.67. The highest BCUT2D eigenvalue weighted by Crippen LogP contribution is 2.48. The smallest absolute Gasteiger partial charge is 0.326 e. The summed E-state index contributed by atoms with van der Waals surface area (Å²) in [5.74, 6) is -1.22. The number of nitrogens with two attached hydrogens (primary N) is 1. The Morgan fingerprint density at radius 2 is 1.90 bits per heavy atom. The zero-order valence-electron chi connectivity index (χ0n) is 11.5. The first-order chi connectivity index (χ1) is 9.82. The van der Waals surface area contributed by atoms with Gasteiger partial charge < -0.3 is 11.1 Å². The number of rotatable bonds is 3. The average molecular weight is 302 g/mol.